The van der Waals surface area contributed by atoms with Crippen molar-refractivity contribution in [1.82, 2.24) is 15.1 Å². The lowest BCUT2D eigenvalue weighted by molar-refractivity contribution is -0.145. The number of anilines is 2. The summed E-state index contributed by atoms with van der Waals surface area (Å²) in [6.45, 7) is 2.74. The fourth-order valence-corrected chi connectivity index (χ4v) is 4.23. The average Bonchev–Trinajstić information content (AvgIpc) is 2.75. The van der Waals surface area contributed by atoms with Crippen molar-refractivity contribution in [1.29, 1.82) is 0 Å². The lowest BCUT2D eigenvalue weighted by atomic mass is 10.0. The number of carbonyl (C=O) groups is 4. The molecule has 2 fully saturated rings. The van der Waals surface area contributed by atoms with Gasteiger partial charge in [0, 0.05) is 46.7 Å². The molecule has 2 unspecified atom stereocenters. The minimum absolute atomic E-state index is 0.193. The highest BCUT2D eigenvalue weighted by Crippen LogP contribution is 2.32. The van der Waals surface area contributed by atoms with Crippen molar-refractivity contribution in [2.75, 3.05) is 57.1 Å². The smallest absolute Gasteiger partial charge is 0.322 e. The van der Waals surface area contributed by atoms with Crippen LogP contribution in [0.1, 0.15) is 18.4 Å². The number of rotatable bonds is 8. The van der Waals surface area contributed by atoms with E-state index in [-0.39, 0.29) is 18.7 Å². The highest BCUT2D eigenvalue weighted by atomic mass is 16.4. The summed E-state index contributed by atoms with van der Waals surface area (Å²) in [5.41, 5.74) is 2.45. The molecular weight excluding hydrogens is 414 g/mol. The summed E-state index contributed by atoms with van der Waals surface area (Å²) in [5.74, 6) is -1.60. The molecule has 3 rings (SSSR count). The van der Waals surface area contributed by atoms with E-state index in [1.165, 1.54) is 4.90 Å². The van der Waals surface area contributed by atoms with Crippen molar-refractivity contribution in [3.63, 3.8) is 0 Å². The van der Waals surface area contributed by atoms with E-state index in [0.29, 0.717) is 25.2 Å². The number of piperazine rings is 1. The normalized spacial score (nSPS) is 22.3. The summed E-state index contributed by atoms with van der Waals surface area (Å²) in [7, 11) is 5.57. The lowest BCUT2D eigenvalue weighted by Gasteiger charge is -2.37. The van der Waals surface area contributed by atoms with Gasteiger partial charge in [0.05, 0.1) is 11.4 Å². The van der Waals surface area contributed by atoms with Crippen molar-refractivity contribution >= 4 is 35.6 Å². The molecule has 1 aromatic rings. The second-order valence-corrected chi connectivity index (χ2v) is 8.58. The fourth-order valence-electron chi connectivity index (χ4n) is 4.23. The van der Waals surface area contributed by atoms with Crippen LogP contribution in [0, 0.1) is 0 Å². The Balaban J connectivity index is 1.74. The van der Waals surface area contributed by atoms with E-state index < -0.39 is 24.0 Å². The summed E-state index contributed by atoms with van der Waals surface area (Å²) in [4.78, 5) is 54.4. The molecule has 10 heteroatoms. The molecule has 0 bridgehead atoms. The summed E-state index contributed by atoms with van der Waals surface area (Å²) in [5, 5.41) is 11.7. The number of hydrogen-bond acceptors (Lipinski definition) is 7. The summed E-state index contributed by atoms with van der Waals surface area (Å²) in [6.07, 6.45) is 1.85. The predicted octanol–water partition coefficient (Wildman–Crippen LogP) is -0.236. The molecule has 0 radical (unpaired) electrons. The molecule has 10 nitrogen and oxygen atoms in total. The number of nitrogens with one attached hydrogen (secondary N) is 1. The molecule has 0 aromatic heterocycles. The minimum Gasteiger partial charge on any atom is -0.480 e. The fraction of sp³-hybridized carbons (Fsp3) is 0.545. The summed E-state index contributed by atoms with van der Waals surface area (Å²) in [6, 6.07) is 4.51. The topological polar surface area (TPSA) is 114 Å². The molecule has 3 amide bonds. The monoisotopic (exact) mass is 445 g/mol. The number of carboxylic acids is 1. The number of carbonyl (C=O) groups excluding carboxylic acids is 3. The van der Waals surface area contributed by atoms with Crippen LogP contribution in [-0.4, -0.2) is 98.5 Å². The first-order valence-electron chi connectivity index (χ1n) is 10.7. The molecule has 2 heterocycles. The van der Waals surface area contributed by atoms with Crippen LogP contribution in [0.4, 0.5) is 11.4 Å². The molecule has 2 aliphatic heterocycles. The lowest BCUT2D eigenvalue weighted by Crippen LogP contribution is -2.55. The molecule has 2 atom stereocenters. The van der Waals surface area contributed by atoms with Crippen LogP contribution >= 0.6 is 0 Å². The zero-order chi connectivity index (χ0) is 23.4. The van der Waals surface area contributed by atoms with Crippen LogP contribution in [0.2, 0.25) is 0 Å². The standard InChI is InChI=1S/C22H31N5O5/c1-24(2)18-12-15(8-9-26-11-10-25(3)19(13-26)22(31)32)4-5-16(18)27(14-28)17-6-7-20(29)23-21(17)30/h4-5,12,14,17,19H,6-11,13H2,1-3H3,(H,31,32)(H,23,29,30). The Labute approximate surface area is 187 Å². The van der Waals surface area contributed by atoms with Crippen LogP contribution in [-0.2, 0) is 25.6 Å². The zero-order valence-electron chi connectivity index (χ0n) is 18.8. The third-order valence-electron chi connectivity index (χ3n) is 6.19. The maximum absolute atomic E-state index is 12.3. The van der Waals surface area contributed by atoms with Crippen molar-refractivity contribution in [3.8, 4) is 0 Å². The number of aliphatic carboxylic acids is 1. The van der Waals surface area contributed by atoms with Crippen LogP contribution in [0.25, 0.3) is 0 Å². The largest absolute Gasteiger partial charge is 0.480 e. The second-order valence-electron chi connectivity index (χ2n) is 8.58. The van der Waals surface area contributed by atoms with E-state index in [9.17, 15) is 24.3 Å². The molecule has 32 heavy (non-hydrogen) atoms. The van der Waals surface area contributed by atoms with E-state index in [1.807, 2.05) is 49.1 Å². The van der Waals surface area contributed by atoms with Crippen LogP contribution < -0.4 is 15.1 Å². The van der Waals surface area contributed by atoms with Gasteiger partial charge in [-0.05, 0) is 37.6 Å². The molecule has 2 N–H and O–H groups in total. The van der Waals surface area contributed by atoms with Gasteiger partial charge in [-0.25, -0.2) is 0 Å². The van der Waals surface area contributed by atoms with Gasteiger partial charge in [-0.1, -0.05) is 6.07 Å². The van der Waals surface area contributed by atoms with E-state index >= 15 is 0 Å². The SMILES string of the molecule is CN(C)c1cc(CCN2CCN(C)C(C(=O)O)C2)ccc1N(C=O)C1CCC(=O)NC1=O. The van der Waals surface area contributed by atoms with Gasteiger partial charge in [0.2, 0.25) is 18.2 Å². The van der Waals surface area contributed by atoms with Gasteiger partial charge in [0.15, 0.2) is 0 Å². The van der Waals surface area contributed by atoms with Gasteiger partial charge in [-0.15, -0.1) is 0 Å². The average molecular weight is 446 g/mol. The van der Waals surface area contributed by atoms with Crippen molar-refractivity contribution in [2.45, 2.75) is 31.3 Å². The number of nitrogens with zero attached hydrogens (tertiary/aromatic N) is 4. The quantitative estimate of drug-likeness (QED) is 0.417. The summed E-state index contributed by atoms with van der Waals surface area (Å²) < 4.78 is 0. The third-order valence-corrected chi connectivity index (χ3v) is 6.19. The maximum Gasteiger partial charge on any atom is 0.322 e. The van der Waals surface area contributed by atoms with Gasteiger partial charge in [0.1, 0.15) is 12.1 Å². The number of amides is 3. The number of piperidine rings is 1. The number of benzene rings is 1. The van der Waals surface area contributed by atoms with Crippen LogP contribution in [0.3, 0.4) is 0 Å². The van der Waals surface area contributed by atoms with Crippen LogP contribution in [0.15, 0.2) is 18.2 Å². The summed E-state index contributed by atoms with van der Waals surface area (Å²) >= 11 is 0. The Hall–Kier alpha value is -2.98. The number of hydrogen-bond donors (Lipinski definition) is 2. The van der Waals surface area contributed by atoms with E-state index in [1.54, 1.807) is 0 Å². The predicted molar refractivity (Wildman–Crippen MR) is 120 cm³/mol. The third kappa shape index (κ3) is 5.25. The molecular formula is C22H31N5O5. The molecule has 1 aromatic carbocycles. The van der Waals surface area contributed by atoms with Gasteiger partial charge in [-0.3, -0.25) is 34.3 Å². The molecule has 0 spiro atoms. The Morgan fingerprint density at radius 3 is 2.62 bits per heavy atom. The van der Waals surface area contributed by atoms with E-state index in [0.717, 1.165) is 30.8 Å². The Bertz CT molecular complexity index is 889. The first-order valence-corrected chi connectivity index (χ1v) is 10.7. The van der Waals surface area contributed by atoms with Crippen molar-refractivity contribution in [2.24, 2.45) is 0 Å². The minimum atomic E-state index is -0.807. The highest BCUT2D eigenvalue weighted by Gasteiger charge is 2.33. The number of likely N-dealkylation sites (N-methyl/N-ethyl adjacent to an activating group) is 1. The second kappa shape index (κ2) is 10.1. The van der Waals surface area contributed by atoms with Gasteiger partial charge in [0.25, 0.3) is 0 Å². The molecule has 0 aliphatic carbocycles. The number of imide groups is 1. The van der Waals surface area contributed by atoms with Crippen LogP contribution in [0.5, 0.6) is 0 Å². The Kier molecular flexibility index (Phi) is 7.47. The Morgan fingerprint density at radius 1 is 1.25 bits per heavy atom. The number of carboxylic acid groups (broad SMARTS) is 1. The maximum atomic E-state index is 12.3. The first-order chi connectivity index (χ1) is 15.2. The first kappa shape index (κ1) is 23.7. The van der Waals surface area contributed by atoms with E-state index in [2.05, 4.69) is 10.2 Å². The molecule has 2 aliphatic rings. The van der Waals surface area contributed by atoms with Gasteiger partial charge < -0.3 is 14.9 Å². The van der Waals surface area contributed by atoms with Crippen molar-refractivity contribution in [3.05, 3.63) is 23.8 Å². The molecule has 2 saturated heterocycles. The zero-order valence-corrected chi connectivity index (χ0v) is 18.8. The molecule has 0 saturated carbocycles. The highest BCUT2D eigenvalue weighted by molar-refractivity contribution is 6.04. The molecule has 174 valence electrons. The Morgan fingerprint density at radius 2 is 2.00 bits per heavy atom. The van der Waals surface area contributed by atoms with Crippen molar-refractivity contribution < 1.29 is 24.3 Å². The van der Waals surface area contributed by atoms with E-state index in [4.69, 9.17) is 0 Å². The van der Waals surface area contributed by atoms with Gasteiger partial charge in [-0.2, -0.15) is 0 Å². The van der Waals surface area contributed by atoms with Gasteiger partial charge >= 0.3 is 5.97 Å².